The molecule has 0 rings (SSSR count). The average Bonchev–Trinajstić information content (AvgIpc) is 2.01. The van der Waals surface area contributed by atoms with Gasteiger partial charge in [-0.15, -0.1) is 0 Å². The zero-order valence-corrected chi connectivity index (χ0v) is 6.24. The lowest BCUT2D eigenvalue weighted by Gasteiger charge is -1.24. The Labute approximate surface area is 110 Å². The van der Waals surface area contributed by atoms with Gasteiger partial charge < -0.3 is 10.4 Å². The van der Waals surface area contributed by atoms with Gasteiger partial charge in [-0.1, -0.05) is 52.0 Å². The molecule has 0 aliphatic carbocycles. The molecule has 0 saturated heterocycles. The molecule has 17 heavy (non-hydrogen) atoms. The van der Waals surface area contributed by atoms with Crippen molar-refractivity contribution in [3.63, 3.8) is 0 Å². The fraction of sp³-hybridized carbons (Fsp3) is 1.00. The Kier molecular flexibility index (Phi) is 370000. The maximum Gasteiger partial charge on any atom is 0.324 e. The second kappa shape index (κ2) is 30700. The van der Waals surface area contributed by atoms with Crippen LogP contribution >= 0.6 is 17.8 Å². The van der Waals surface area contributed by atoms with E-state index in [2.05, 4.69) is 0 Å². The Morgan fingerprint density at radius 2 is 0.647 bits per heavy atom. The zero-order chi connectivity index (χ0) is 8.71. The molecule has 8 nitrogen and oxygen atoms in total. The van der Waals surface area contributed by atoms with Crippen LogP contribution in [0.4, 0.5) is 0 Å². The van der Waals surface area contributed by atoms with Crippen molar-refractivity contribution in [2.24, 2.45) is 0 Å². The quantitative estimate of drug-likeness (QED) is 0.649. The number of hydrogen-bond acceptors (Lipinski definition) is 6. The Morgan fingerprint density at radius 3 is 0.647 bits per heavy atom. The van der Waals surface area contributed by atoms with Gasteiger partial charge in [0, 0.05) is 19.9 Å². The van der Waals surface area contributed by atoms with Crippen molar-refractivity contribution in [1.29, 1.82) is 0 Å². The summed E-state index contributed by atoms with van der Waals surface area (Å²) in [6.45, 7) is 0. The fourth-order valence-electron chi connectivity index (χ4n) is 0. The van der Waals surface area contributed by atoms with Crippen LogP contribution in [-0.4, -0.2) is 10.4 Å². The van der Waals surface area contributed by atoms with Crippen LogP contribution < -0.4 is 0 Å². The minimum Gasteiger partial charge on any atom is -0.412 e. The van der Waals surface area contributed by atoms with Crippen LogP contribution in [0.5, 0.6) is 0 Å². The summed E-state index contributed by atoms with van der Waals surface area (Å²) in [6.07, 6.45) is 0. The highest BCUT2D eigenvalue weighted by molar-refractivity contribution is 7.16. The van der Waals surface area contributed by atoms with Crippen LogP contribution in [0.25, 0.3) is 0 Å². The summed E-state index contributed by atoms with van der Waals surface area (Å²) in [5.74, 6) is 0. The molecule has 0 amide bonds. The van der Waals surface area contributed by atoms with Crippen molar-refractivity contribution in [3.8, 4) is 0 Å². The van der Waals surface area contributed by atoms with E-state index in [9.17, 15) is 0 Å². The van der Waals surface area contributed by atoms with Crippen molar-refractivity contribution in [1.82, 2.24) is 0 Å². The molecule has 0 unspecified atom stereocenters. The topological polar surface area (TPSA) is 154 Å². The molecule has 0 aromatic rings. The van der Waals surface area contributed by atoms with Crippen molar-refractivity contribution in [2.45, 2.75) is 52.0 Å². The van der Waals surface area contributed by atoms with E-state index in [0.29, 0.717) is 0 Å². The smallest absolute Gasteiger partial charge is 0.324 e. The molecule has 0 saturated carbocycles. The molecule has 118 valence electrons. The highest BCUT2D eigenvalue weighted by Gasteiger charge is 1.28. The van der Waals surface area contributed by atoms with Gasteiger partial charge in [0.2, 0.25) is 0 Å². The van der Waals surface area contributed by atoms with Gasteiger partial charge >= 0.3 is 8.69 Å². The second-order valence-electron chi connectivity index (χ2n) is 0.0816. The van der Waals surface area contributed by atoms with Crippen LogP contribution in [-0.2, 0) is 9.13 Å². The van der Waals surface area contributed by atoms with E-state index in [1.807, 2.05) is 0 Å². The summed E-state index contributed by atoms with van der Waals surface area (Å²) in [6, 6.07) is 0. The van der Waals surface area contributed by atoms with Gasteiger partial charge in [-0.3, -0.25) is 4.57 Å². The first-order valence-electron chi connectivity index (χ1n) is 0.920. The van der Waals surface area contributed by atoms with Gasteiger partial charge in [0.15, 0.2) is 0 Å². The molecule has 0 aliphatic rings. The van der Waals surface area contributed by atoms with Gasteiger partial charge in [0.25, 0.3) is 0 Å². The van der Waals surface area contributed by atoms with Crippen molar-refractivity contribution >= 4 is 17.8 Å². The first-order chi connectivity index (χ1) is 4.41. The van der Waals surface area contributed by atoms with Crippen molar-refractivity contribution < 1.29 is 19.5 Å². The molecule has 0 bridgehead atoms. The van der Waals surface area contributed by atoms with Gasteiger partial charge in [-0.05, 0) is 0 Å². The molecule has 0 spiro atoms. The third-order valence-electron chi connectivity index (χ3n) is 0. The van der Waals surface area contributed by atoms with Crippen molar-refractivity contribution in [3.05, 3.63) is 19.9 Å². The largest absolute Gasteiger partial charge is 0.412 e. The molecule has 0 atom stereocenters. The minimum absolute atomic E-state index is 0. The molecule has 0 radical (unpaired) electrons. The van der Waals surface area contributed by atoms with Crippen LogP contribution in [0.1, 0.15) is 52.0 Å². The normalized spacial score (nSPS) is 1.94. The Morgan fingerprint density at radius 1 is 0.647 bits per heavy atom. The first kappa shape index (κ1) is 205. The summed E-state index contributed by atoms with van der Waals surface area (Å²) in [5.41, 5.74) is 0. The maximum absolute atomic E-state index is 8.46. The minimum atomic E-state index is -0.833. The second-order valence-corrected chi connectivity index (χ2v) is 0.245. The lowest BCUT2D eigenvalue weighted by molar-refractivity contribution is 0.524. The van der Waals surface area contributed by atoms with E-state index >= 15 is 0 Å². The molecule has 3 N–H and O–H groups in total. The summed E-state index contributed by atoms with van der Waals surface area (Å²) in [5, 5.41) is 0. The highest BCUT2D eigenvalue weighted by atomic mass is 31.1. The first-order valence-corrected chi connectivity index (χ1v) is 2.09. The van der Waals surface area contributed by atoms with Gasteiger partial charge in [0.05, 0.1) is 0 Å². The van der Waals surface area contributed by atoms with Crippen LogP contribution in [0.15, 0.2) is 0 Å². The summed E-state index contributed by atoms with van der Waals surface area (Å²) in [4.78, 5) is 35.0. The van der Waals surface area contributed by atoms with E-state index in [0.717, 1.165) is 0 Å². The van der Waals surface area contributed by atoms with E-state index in [4.69, 9.17) is 33.9 Å². The third-order valence-corrected chi connectivity index (χ3v) is 0. The molecule has 0 aromatic carbocycles. The third kappa shape index (κ3) is 5880. The molecule has 0 heterocycles. The molecule has 0 aromatic heterocycles. The molecular weight excluding hydrogens is 274 g/mol. The van der Waals surface area contributed by atoms with Gasteiger partial charge in [-0.2, -0.15) is 0 Å². The van der Waals surface area contributed by atoms with Crippen molar-refractivity contribution in [2.75, 3.05) is 0 Å². The zero-order valence-electron chi connectivity index (χ0n) is 4.34. The van der Waals surface area contributed by atoms with E-state index < -0.39 is 8.69 Å². The molecule has 0 aliphatic heterocycles. The lowest BCUT2D eigenvalue weighted by atomic mass is 12.0. The van der Waals surface area contributed by atoms with E-state index in [-0.39, 0.29) is 57.5 Å². The Balaban J connectivity index is -0.00000000171. The maximum atomic E-state index is 8.46. The van der Waals surface area contributed by atoms with Gasteiger partial charge in [-0.25, -0.2) is 4.57 Å². The van der Waals surface area contributed by atoms with Crippen LogP contribution in [0.3, 0.4) is 0 Å². The monoisotopic (exact) mass is 306 g/mol. The van der Waals surface area contributed by atoms with E-state index in [1.54, 1.807) is 9.12 Å². The van der Waals surface area contributed by atoms with Crippen LogP contribution in [0.2, 0.25) is 0 Å². The average molecular weight is 306 g/mol. The standard InChI is InChI=1S/7CH4.HO2P.2O2.HOP.H2O/c;;;;;;;1-3-2;3*1-2;/h7*1H4;(H,1,2);;;2H;1H2. The SMILES string of the molecule is C.C.C.C.C.C.C.O.O=O.O=O.O=P.O=PO. The number of rotatable bonds is 0. The predicted octanol–water partition coefficient (Wildman–Crippen LogP) is 4.42. The number of hydrogen-bond donors (Lipinski definition) is 1. The summed E-state index contributed by atoms with van der Waals surface area (Å²) < 4.78 is 16.5. The summed E-state index contributed by atoms with van der Waals surface area (Å²) >= 11 is 0. The van der Waals surface area contributed by atoms with Gasteiger partial charge in [0.1, 0.15) is 9.12 Å². The van der Waals surface area contributed by atoms with E-state index in [1.165, 1.54) is 0 Å². The fourth-order valence-corrected chi connectivity index (χ4v) is 0. The molecular formula is C7H32O8P2. The molecule has 10 heteroatoms. The summed E-state index contributed by atoms with van der Waals surface area (Å²) in [7, 11) is 0.889. The Hall–Kier alpha value is -0.680. The molecule has 0 fully saturated rings. The lowest BCUT2D eigenvalue weighted by Crippen LogP contribution is -1.03. The predicted molar refractivity (Wildman–Crippen MR) is 83.0 cm³/mol. The van der Waals surface area contributed by atoms with Crippen LogP contribution in [0, 0.1) is 19.9 Å². The highest BCUT2D eigenvalue weighted by Crippen LogP contribution is 1.66. The Bertz CT molecular complexity index is 48.1.